The molecule has 158 valence electrons. The van der Waals surface area contributed by atoms with E-state index in [9.17, 15) is 26.4 Å². The highest BCUT2D eigenvalue weighted by Gasteiger charge is 2.32. The molecule has 0 aliphatic carbocycles. The van der Waals surface area contributed by atoms with E-state index < -0.39 is 38.6 Å². The van der Waals surface area contributed by atoms with E-state index in [-0.39, 0.29) is 6.54 Å². The molecular weight excluding hydrogens is 409 g/mol. The van der Waals surface area contributed by atoms with Crippen LogP contribution in [0.1, 0.15) is 18.1 Å². The number of hydrogen-bond acceptors (Lipinski definition) is 4. The van der Waals surface area contributed by atoms with Crippen molar-refractivity contribution in [2.75, 3.05) is 14.2 Å². The van der Waals surface area contributed by atoms with Crippen LogP contribution in [0.3, 0.4) is 0 Å². The van der Waals surface area contributed by atoms with Gasteiger partial charge in [-0.25, -0.2) is 8.42 Å². The fourth-order valence-corrected chi connectivity index (χ4v) is 3.85. The zero-order valence-electron chi connectivity index (χ0n) is 16.0. The van der Waals surface area contributed by atoms with Gasteiger partial charge in [0, 0.05) is 13.6 Å². The number of hydrogen-bond donors (Lipinski definition) is 1. The number of sulfonamides is 1. The van der Waals surface area contributed by atoms with Crippen LogP contribution in [0.2, 0.25) is 0 Å². The summed E-state index contributed by atoms with van der Waals surface area (Å²) in [5.74, 6) is 0.126. The predicted molar refractivity (Wildman–Crippen MR) is 101 cm³/mol. The van der Waals surface area contributed by atoms with Crippen molar-refractivity contribution >= 4 is 15.9 Å². The predicted octanol–water partition coefficient (Wildman–Crippen LogP) is 3.04. The number of likely N-dealkylation sites (N-methyl/N-ethyl adjacent to an activating group) is 1. The first kappa shape index (κ1) is 22.7. The Balaban J connectivity index is 2.09. The largest absolute Gasteiger partial charge is 0.497 e. The Morgan fingerprint density at radius 1 is 1.17 bits per heavy atom. The minimum Gasteiger partial charge on any atom is -0.497 e. The molecule has 0 aliphatic rings. The van der Waals surface area contributed by atoms with E-state index in [1.807, 2.05) is 0 Å². The van der Waals surface area contributed by atoms with Gasteiger partial charge in [0.15, 0.2) is 0 Å². The molecule has 29 heavy (non-hydrogen) atoms. The van der Waals surface area contributed by atoms with Gasteiger partial charge in [0.25, 0.3) is 0 Å². The first-order valence-corrected chi connectivity index (χ1v) is 10.00. The second kappa shape index (κ2) is 8.83. The zero-order chi connectivity index (χ0) is 21.8. The van der Waals surface area contributed by atoms with Crippen molar-refractivity contribution in [3.05, 3.63) is 59.7 Å². The number of nitrogens with zero attached hydrogens (tertiary/aromatic N) is 1. The van der Waals surface area contributed by atoms with Gasteiger partial charge in [0.05, 0.1) is 23.6 Å². The molecule has 0 aromatic heterocycles. The number of nitrogens with one attached hydrogen (secondary N) is 1. The maximum absolute atomic E-state index is 12.8. The van der Waals surface area contributed by atoms with E-state index in [1.54, 1.807) is 24.3 Å². The molecule has 0 spiro atoms. The number of ether oxygens (including phenoxy) is 1. The van der Waals surface area contributed by atoms with Crippen LogP contribution >= 0.6 is 0 Å². The third kappa shape index (κ3) is 5.94. The van der Waals surface area contributed by atoms with Crippen LogP contribution in [-0.4, -0.2) is 39.4 Å². The summed E-state index contributed by atoms with van der Waals surface area (Å²) in [5, 5.41) is 0. The summed E-state index contributed by atoms with van der Waals surface area (Å²) in [7, 11) is -1.28. The van der Waals surface area contributed by atoms with E-state index in [0.717, 1.165) is 23.8 Å². The summed E-state index contributed by atoms with van der Waals surface area (Å²) in [6.07, 6.45) is -4.68. The molecule has 1 amide bonds. The second-order valence-corrected chi connectivity index (χ2v) is 8.12. The Morgan fingerprint density at radius 2 is 1.79 bits per heavy atom. The molecule has 0 fully saturated rings. The minimum atomic E-state index is -4.68. The molecule has 0 saturated heterocycles. The number of methoxy groups -OCH3 is 1. The van der Waals surface area contributed by atoms with E-state index in [0.29, 0.717) is 11.8 Å². The Labute approximate surface area is 167 Å². The van der Waals surface area contributed by atoms with Gasteiger partial charge < -0.3 is 9.64 Å². The molecule has 1 N–H and O–H groups in total. The smallest absolute Gasteiger partial charge is 0.416 e. The van der Waals surface area contributed by atoms with Crippen LogP contribution in [0.25, 0.3) is 0 Å². The maximum Gasteiger partial charge on any atom is 0.416 e. The summed E-state index contributed by atoms with van der Waals surface area (Å²) < 4.78 is 70.5. The summed E-state index contributed by atoms with van der Waals surface area (Å²) in [5.41, 5.74) is -0.287. The van der Waals surface area contributed by atoms with Crippen molar-refractivity contribution in [3.63, 3.8) is 0 Å². The van der Waals surface area contributed by atoms with Crippen LogP contribution in [0.15, 0.2) is 53.4 Å². The number of halogens is 3. The molecule has 10 heteroatoms. The summed E-state index contributed by atoms with van der Waals surface area (Å²) in [6.45, 7) is 1.55. The van der Waals surface area contributed by atoms with Crippen LogP contribution in [0, 0.1) is 0 Å². The Bertz CT molecular complexity index is 960. The SMILES string of the molecule is COc1ccc(CN(C)C(=O)C(C)NS(=O)(=O)c2cccc(C(F)(F)F)c2)cc1. The number of amides is 1. The summed E-state index contributed by atoms with van der Waals surface area (Å²) in [4.78, 5) is 13.3. The number of benzene rings is 2. The molecule has 2 rings (SSSR count). The van der Waals surface area contributed by atoms with E-state index in [4.69, 9.17) is 4.74 Å². The van der Waals surface area contributed by atoms with Crippen molar-refractivity contribution in [3.8, 4) is 5.75 Å². The van der Waals surface area contributed by atoms with E-state index >= 15 is 0 Å². The van der Waals surface area contributed by atoms with E-state index in [2.05, 4.69) is 4.72 Å². The van der Waals surface area contributed by atoms with Crippen LogP contribution in [0.4, 0.5) is 13.2 Å². The maximum atomic E-state index is 12.8. The van der Waals surface area contributed by atoms with Crippen molar-refractivity contribution in [2.24, 2.45) is 0 Å². The van der Waals surface area contributed by atoms with Gasteiger partial charge in [0.1, 0.15) is 5.75 Å². The Kier molecular flexibility index (Phi) is 6.91. The van der Waals surface area contributed by atoms with Gasteiger partial charge in [-0.15, -0.1) is 0 Å². The molecule has 2 aromatic rings. The van der Waals surface area contributed by atoms with Crippen molar-refractivity contribution in [1.82, 2.24) is 9.62 Å². The third-order valence-electron chi connectivity index (χ3n) is 4.13. The minimum absolute atomic E-state index is 0.221. The fraction of sp³-hybridized carbons (Fsp3) is 0.316. The number of carbonyl (C=O) groups is 1. The molecule has 0 aliphatic heterocycles. The molecule has 0 heterocycles. The topological polar surface area (TPSA) is 75.7 Å². The highest BCUT2D eigenvalue weighted by atomic mass is 32.2. The lowest BCUT2D eigenvalue weighted by Crippen LogP contribution is -2.45. The Morgan fingerprint density at radius 3 is 2.34 bits per heavy atom. The molecule has 1 unspecified atom stereocenters. The third-order valence-corrected chi connectivity index (χ3v) is 5.67. The highest BCUT2D eigenvalue weighted by Crippen LogP contribution is 2.30. The molecule has 6 nitrogen and oxygen atoms in total. The van der Waals surface area contributed by atoms with Gasteiger partial charge in [0.2, 0.25) is 15.9 Å². The molecule has 2 aromatic carbocycles. The lowest BCUT2D eigenvalue weighted by atomic mass is 10.2. The van der Waals surface area contributed by atoms with Crippen LogP contribution in [-0.2, 0) is 27.5 Å². The monoisotopic (exact) mass is 430 g/mol. The average molecular weight is 430 g/mol. The van der Waals surface area contributed by atoms with Gasteiger partial charge in [-0.2, -0.15) is 17.9 Å². The molecule has 0 radical (unpaired) electrons. The normalized spacial score (nSPS) is 13.0. The van der Waals surface area contributed by atoms with Crippen molar-refractivity contribution in [2.45, 2.75) is 30.6 Å². The summed E-state index contributed by atoms with van der Waals surface area (Å²) >= 11 is 0. The van der Waals surface area contributed by atoms with Gasteiger partial charge in [-0.1, -0.05) is 18.2 Å². The zero-order valence-corrected chi connectivity index (χ0v) is 16.8. The standard InChI is InChI=1S/C19H21F3N2O4S/c1-13(18(25)24(2)12-14-7-9-16(28-3)10-8-14)23-29(26,27)17-6-4-5-15(11-17)19(20,21)22/h4-11,13,23H,12H2,1-3H3. The van der Waals surface area contributed by atoms with Gasteiger partial charge in [-0.05, 0) is 42.8 Å². The number of alkyl halides is 3. The molecule has 0 bridgehead atoms. The lowest BCUT2D eigenvalue weighted by molar-refractivity contribution is -0.137. The van der Waals surface area contributed by atoms with Crippen molar-refractivity contribution < 1.29 is 31.1 Å². The van der Waals surface area contributed by atoms with Crippen molar-refractivity contribution in [1.29, 1.82) is 0 Å². The molecule has 1 atom stereocenters. The van der Waals surface area contributed by atoms with Gasteiger partial charge in [-0.3, -0.25) is 4.79 Å². The Hall–Kier alpha value is -2.59. The molecule has 0 saturated carbocycles. The highest BCUT2D eigenvalue weighted by molar-refractivity contribution is 7.89. The lowest BCUT2D eigenvalue weighted by Gasteiger charge is -2.22. The number of carbonyl (C=O) groups excluding carboxylic acids is 1. The fourth-order valence-electron chi connectivity index (χ4n) is 2.60. The average Bonchev–Trinajstić information content (AvgIpc) is 2.67. The van der Waals surface area contributed by atoms with Crippen LogP contribution < -0.4 is 9.46 Å². The molecular formula is C19H21F3N2O4S. The quantitative estimate of drug-likeness (QED) is 0.733. The number of rotatable bonds is 7. The summed E-state index contributed by atoms with van der Waals surface area (Å²) in [6, 6.07) is 9.16. The second-order valence-electron chi connectivity index (χ2n) is 6.41. The first-order chi connectivity index (χ1) is 13.4. The first-order valence-electron chi connectivity index (χ1n) is 8.51. The van der Waals surface area contributed by atoms with Gasteiger partial charge >= 0.3 is 6.18 Å². The van der Waals surface area contributed by atoms with Crippen LogP contribution in [0.5, 0.6) is 5.75 Å². The van der Waals surface area contributed by atoms with E-state index in [1.165, 1.54) is 26.0 Å².